The first-order valence-corrected chi connectivity index (χ1v) is 7.52. The Bertz CT molecular complexity index is 384. The molecule has 1 aromatic rings. The summed E-state index contributed by atoms with van der Waals surface area (Å²) in [5.74, 6) is 1.15. The smallest absolute Gasteiger partial charge is 0.109 e. The average molecular weight is 265 g/mol. The van der Waals surface area contributed by atoms with Crippen LogP contribution in [0.25, 0.3) is 0 Å². The zero-order chi connectivity index (χ0) is 13.7. The van der Waals surface area contributed by atoms with Gasteiger partial charge >= 0.3 is 0 Å². The van der Waals surface area contributed by atoms with Crippen molar-refractivity contribution in [3.8, 4) is 0 Å². The molecule has 1 aliphatic rings. The van der Waals surface area contributed by atoms with Gasteiger partial charge in [0.05, 0.1) is 5.60 Å². The molecule has 1 fully saturated rings. The summed E-state index contributed by atoms with van der Waals surface area (Å²) < 4.78 is 8.10. The summed E-state index contributed by atoms with van der Waals surface area (Å²) in [4.78, 5) is 4.36. The molecule has 2 heterocycles. The number of nitrogens with one attached hydrogen (secondary N) is 1. The fraction of sp³-hybridized carbons (Fsp3) is 0.800. The van der Waals surface area contributed by atoms with Crippen LogP contribution in [0.3, 0.4) is 0 Å². The van der Waals surface area contributed by atoms with Crippen molar-refractivity contribution in [1.82, 2.24) is 14.9 Å². The van der Waals surface area contributed by atoms with E-state index in [2.05, 4.69) is 35.8 Å². The van der Waals surface area contributed by atoms with Crippen LogP contribution in [0.15, 0.2) is 12.4 Å². The number of hydrogen-bond donors (Lipinski definition) is 1. The molecule has 4 heteroatoms. The summed E-state index contributed by atoms with van der Waals surface area (Å²) in [6.45, 7) is 6.36. The number of imidazole rings is 1. The minimum Gasteiger partial charge on any atom is -0.375 e. The maximum Gasteiger partial charge on any atom is 0.109 e. The zero-order valence-electron chi connectivity index (χ0n) is 12.5. The molecule has 19 heavy (non-hydrogen) atoms. The van der Waals surface area contributed by atoms with Crippen LogP contribution in [-0.2, 0) is 18.2 Å². The summed E-state index contributed by atoms with van der Waals surface area (Å²) in [6.07, 6.45) is 9.35. The van der Waals surface area contributed by atoms with Crippen molar-refractivity contribution in [2.75, 3.05) is 13.2 Å². The van der Waals surface area contributed by atoms with Crippen LogP contribution in [0.1, 0.15) is 45.4 Å². The van der Waals surface area contributed by atoms with Crippen molar-refractivity contribution in [3.05, 3.63) is 18.2 Å². The van der Waals surface area contributed by atoms with Gasteiger partial charge in [-0.05, 0) is 25.7 Å². The van der Waals surface area contributed by atoms with Crippen molar-refractivity contribution < 1.29 is 4.74 Å². The molecule has 0 spiro atoms. The monoisotopic (exact) mass is 265 g/mol. The van der Waals surface area contributed by atoms with Gasteiger partial charge in [0.1, 0.15) is 5.82 Å². The number of aryl methyl sites for hydroxylation is 1. The molecule has 1 aliphatic heterocycles. The second kappa shape index (κ2) is 6.53. The van der Waals surface area contributed by atoms with Crippen LogP contribution in [0, 0.1) is 0 Å². The van der Waals surface area contributed by atoms with E-state index in [0.29, 0.717) is 6.04 Å². The number of ether oxygens (including phenoxy) is 1. The second-order valence-electron chi connectivity index (χ2n) is 5.59. The van der Waals surface area contributed by atoms with Gasteiger partial charge in [0.2, 0.25) is 0 Å². The molecule has 1 atom stereocenters. The van der Waals surface area contributed by atoms with Gasteiger partial charge in [-0.25, -0.2) is 4.98 Å². The minimum atomic E-state index is 0.110. The van der Waals surface area contributed by atoms with Gasteiger partial charge in [0, 0.05) is 45.1 Å². The Morgan fingerprint density at radius 2 is 2.26 bits per heavy atom. The normalized spacial score (nSPS) is 22.6. The molecule has 4 nitrogen and oxygen atoms in total. The van der Waals surface area contributed by atoms with E-state index in [0.717, 1.165) is 51.1 Å². The Morgan fingerprint density at radius 3 is 2.89 bits per heavy atom. The minimum absolute atomic E-state index is 0.110. The molecule has 0 radical (unpaired) electrons. The van der Waals surface area contributed by atoms with E-state index in [1.54, 1.807) is 0 Å². The lowest BCUT2D eigenvalue weighted by atomic mass is 9.86. The summed E-state index contributed by atoms with van der Waals surface area (Å²) in [5.41, 5.74) is 0.110. The molecule has 1 N–H and O–H groups in total. The van der Waals surface area contributed by atoms with Crippen LogP contribution in [0.5, 0.6) is 0 Å². The molecular weight excluding hydrogens is 238 g/mol. The summed E-state index contributed by atoms with van der Waals surface area (Å²) >= 11 is 0. The van der Waals surface area contributed by atoms with E-state index in [9.17, 15) is 0 Å². The Morgan fingerprint density at radius 1 is 1.47 bits per heavy atom. The number of aromatic nitrogens is 2. The lowest BCUT2D eigenvalue weighted by Gasteiger charge is -2.40. The second-order valence-corrected chi connectivity index (χ2v) is 5.59. The number of hydrogen-bond acceptors (Lipinski definition) is 3. The first-order valence-electron chi connectivity index (χ1n) is 7.52. The maximum absolute atomic E-state index is 6.01. The summed E-state index contributed by atoms with van der Waals surface area (Å²) in [6, 6.07) is 0.592. The van der Waals surface area contributed by atoms with Crippen LogP contribution in [-0.4, -0.2) is 34.3 Å². The topological polar surface area (TPSA) is 39.1 Å². The first-order chi connectivity index (χ1) is 9.19. The van der Waals surface area contributed by atoms with E-state index in [1.807, 2.05) is 12.4 Å². The quantitative estimate of drug-likeness (QED) is 0.858. The highest BCUT2D eigenvalue weighted by Gasteiger charge is 2.34. The fourth-order valence-electron chi connectivity index (χ4n) is 2.97. The molecule has 1 aromatic heterocycles. The Kier molecular flexibility index (Phi) is 4.99. The average Bonchev–Trinajstić information content (AvgIpc) is 2.85. The molecule has 0 saturated carbocycles. The molecule has 0 amide bonds. The molecular formula is C15H27N3O. The van der Waals surface area contributed by atoms with Crippen molar-refractivity contribution in [2.24, 2.45) is 7.05 Å². The Labute approximate surface area is 116 Å². The number of rotatable bonds is 6. The summed E-state index contributed by atoms with van der Waals surface area (Å²) in [7, 11) is 2.05. The SMILES string of the molecule is CCC1(CC)CC(NCCc2nccn2C)CCO1. The van der Waals surface area contributed by atoms with E-state index in [4.69, 9.17) is 4.74 Å². The van der Waals surface area contributed by atoms with Crippen LogP contribution in [0.2, 0.25) is 0 Å². The first kappa shape index (κ1) is 14.5. The third-order valence-corrected chi connectivity index (χ3v) is 4.48. The molecule has 2 rings (SSSR count). The third kappa shape index (κ3) is 3.57. The predicted molar refractivity (Wildman–Crippen MR) is 77.2 cm³/mol. The van der Waals surface area contributed by atoms with Gasteiger partial charge < -0.3 is 14.6 Å². The highest BCUT2D eigenvalue weighted by molar-refractivity contribution is 4.93. The van der Waals surface area contributed by atoms with Crippen molar-refractivity contribution in [1.29, 1.82) is 0 Å². The Balaban J connectivity index is 1.78. The molecule has 0 aliphatic carbocycles. The maximum atomic E-state index is 6.01. The van der Waals surface area contributed by atoms with Crippen molar-refractivity contribution in [2.45, 2.75) is 57.6 Å². The molecule has 0 aromatic carbocycles. The van der Waals surface area contributed by atoms with Crippen LogP contribution in [0.4, 0.5) is 0 Å². The van der Waals surface area contributed by atoms with Crippen LogP contribution < -0.4 is 5.32 Å². The fourth-order valence-corrected chi connectivity index (χ4v) is 2.97. The molecule has 108 valence electrons. The van der Waals surface area contributed by atoms with Gasteiger partial charge in [-0.3, -0.25) is 0 Å². The van der Waals surface area contributed by atoms with E-state index < -0.39 is 0 Å². The predicted octanol–water partition coefficient (Wildman–Crippen LogP) is 2.29. The van der Waals surface area contributed by atoms with Gasteiger partial charge in [-0.1, -0.05) is 13.8 Å². The van der Waals surface area contributed by atoms with Gasteiger partial charge in [-0.15, -0.1) is 0 Å². The van der Waals surface area contributed by atoms with Crippen LogP contribution >= 0.6 is 0 Å². The van der Waals surface area contributed by atoms with Gasteiger partial charge in [0.15, 0.2) is 0 Å². The Hall–Kier alpha value is -0.870. The number of nitrogens with zero attached hydrogens (tertiary/aromatic N) is 2. The van der Waals surface area contributed by atoms with Crippen molar-refractivity contribution >= 4 is 0 Å². The van der Waals surface area contributed by atoms with E-state index in [1.165, 1.54) is 0 Å². The van der Waals surface area contributed by atoms with E-state index >= 15 is 0 Å². The zero-order valence-corrected chi connectivity index (χ0v) is 12.5. The largest absolute Gasteiger partial charge is 0.375 e. The lowest BCUT2D eigenvalue weighted by Crippen LogP contribution is -2.46. The van der Waals surface area contributed by atoms with E-state index in [-0.39, 0.29) is 5.60 Å². The molecule has 1 unspecified atom stereocenters. The lowest BCUT2D eigenvalue weighted by molar-refractivity contribution is -0.0929. The highest BCUT2D eigenvalue weighted by Crippen LogP contribution is 2.31. The third-order valence-electron chi connectivity index (χ3n) is 4.48. The molecule has 1 saturated heterocycles. The van der Waals surface area contributed by atoms with Gasteiger partial charge in [0.25, 0.3) is 0 Å². The van der Waals surface area contributed by atoms with Crippen molar-refractivity contribution in [3.63, 3.8) is 0 Å². The molecule has 0 bridgehead atoms. The summed E-state index contributed by atoms with van der Waals surface area (Å²) in [5, 5.41) is 3.68. The highest BCUT2D eigenvalue weighted by atomic mass is 16.5. The van der Waals surface area contributed by atoms with Gasteiger partial charge in [-0.2, -0.15) is 0 Å². The standard InChI is InChI=1S/C15H27N3O/c1-4-15(5-2)12-13(7-11-19-15)16-8-6-14-17-9-10-18(14)3/h9-10,13,16H,4-8,11-12H2,1-3H3.